The second kappa shape index (κ2) is 6.04. The van der Waals surface area contributed by atoms with Crippen LogP contribution in [0.1, 0.15) is 12.2 Å². The maximum atomic E-state index is 8.93. The van der Waals surface area contributed by atoms with E-state index in [1.165, 1.54) is 4.80 Å². The number of aromatic nitrogens is 4. The van der Waals surface area contributed by atoms with E-state index in [9.17, 15) is 0 Å². The van der Waals surface area contributed by atoms with Gasteiger partial charge in [0.25, 0.3) is 0 Å². The monoisotopic (exact) mass is 240 g/mol. The molecule has 1 aliphatic heterocycles. The quantitative estimate of drug-likeness (QED) is 0.706. The first-order chi connectivity index (χ1) is 8.28. The van der Waals surface area contributed by atoms with E-state index in [1.54, 1.807) is 7.05 Å². The molecule has 2 heterocycles. The van der Waals surface area contributed by atoms with Crippen molar-refractivity contribution < 1.29 is 5.11 Å². The number of tetrazole rings is 1. The molecule has 1 N–H and O–H groups in total. The highest BCUT2D eigenvalue weighted by molar-refractivity contribution is 4.79. The lowest BCUT2D eigenvalue weighted by molar-refractivity contribution is 0.195. The summed E-state index contributed by atoms with van der Waals surface area (Å²) in [7, 11) is 1.78. The van der Waals surface area contributed by atoms with Gasteiger partial charge in [-0.15, -0.1) is 10.2 Å². The van der Waals surface area contributed by atoms with Crippen LogP contribution in [0.5, 0.6) is 0 Å². The van der Waals surface area contributed by atoms with Crippen LogP contribution in [0.2, 0.25) is 0 Å². The van der Waals surface area contributed by atoms with E-state index < -0.39 is 0 Å². The Labute approximate surface area is 101 Å². The van der Waals surface area contributed by atoms with Gasteiger partial charge in [-0.3, -0.25) is 9.80 Å². The van der Waals surface area contributed by atoms with Crippen molar-refractivity contribution in [2.75, 3.05) is 39.3 Å². The Hall–Kier alpha value is -1.05. The highest BCUT2D eigenvalue weighted by Gasteiger charge is 2.15. The van der Waals surface area contributed by atoms with Crippen LogP contribution in [-0.2, 0) is 13.6 Å². The van der Waals surface area contributed by atoms with E-state index in [4.69, 9.17) is 5.11 Å². The summed E-state index contributed by atoms with van der Waals surface area (Å²) in [5.74, 6) is 0.781. The second-order valence-corrected chi connectivity index (χ2v) is 4.39. The van der Waals surface area contributed by atoms with Gasteiger partial charge in [-0.1, -0.05) is 0 Å². The van der Waals surface area contributed by atoms with Gasteiger partial charge < -0.3 is 5.11 Å². The minimum atomic E-state index is 0.242. The van der Waals surface area contributed by atoms with Crippen LogP contribution >= 0.6 is 0 Å². The molecule has 7 heteroatoms. The van der Waals surface area contributed by atoms with Gasteiger partial charge in [0, 0.05) is 19.6 Å². The van der Waals surface area contributed by atoms with E-state index in [0.29, 0.717) is 0 Å². The zero-order valence-corrected chi connectivity index (χ0v) is 10.3. The van der Waals surface area contributed by atoms with Crippen molar-refractivity contribution in [2.45, 2.75) is 13.0 Å². The van der Waals surface area contributed by atoms with E-state index >= 15 is 0 Å². The first-order valence-electron chi connectivity index (χ1n) is 6.06. The Bertz CT molecular complexity index is 341. The average molecular weight is 240 g/mol. The summed E-state index contributed by atoms with van der Waals surface area (Å²) in [6, 6.07) is 0. The number of hydrogen-bond acceptors (Lipinski definition) is 6. The fraction of sp³-hybridized carbons (Fsp3) is 0.900. The molecule has 0 unspecified atom stereocenters. The third-order valence-corrected chi connectivity index (χ3v) is 3.01. The summed E-state index contributed by atoms with van der Waals surface area (Å²) in [6.07, 6.45) is 1.13. The van der Waals surface area contributed by atoms with Crippen molar-refractivity contribution in [2.24, 2.45) is 7.05 Å². The molecule has 7 nitrogen and oxygen atoms in total. The molecule has 17 heavy (non-hydrogen) atoms. The van der Waals surface area contributed by atoms with Crippen LogP contribution in [0.3, 0.4) is 0 Å². The van der Waals surface area contributed by atoms with Crippen molar-refractivity contribution >= 4 is 0 Å². The molecular weight excluding hydrogens is 220 g/mol. The first kappa shape index (κ1) is 12.4. The molecule has 1 saturated heterocycles. The summed E-state index contributed by atoms with van der Waals surface area (Å²) in [6.45, 7) is 5.90. The fourth-order valence-electron chi connectivity index (χ4n) is 2.13. The van der Waals surface area contributed by atoms with E-state index in [0.717, 1.165) is 51.5 Å². The molecule has 0 saturated carbocycles. The van der Waals surface area contributed by atoms with Crippen molar-refractivity contribution in [3.63, 3.8) is 0 Å². The Morgan fingerprint density at radius 3 is 2.65 bits per heavy atom. The molecule has 1 aliphatic rings. The zero-order valence-electron chi connectivity index (χ0n) is 10.3. The topological polar surface area (TPSA) is 70.3 Å². The molecule has 0 aromatic carbocycles. The van der Waals surface area contributed by atoms with Crippen LogP contribution in [-0.4, -0.2) is 74.4 Å². The zero-order chi connectivity index (χ0) is 12.1. The standard InChI is InChI=1S/C10H20N6O/c1-14-12-10(11-13-14)9-16-4-2-3-15(5-6-16)7-8-17/h17H,2-9H2,1H3. The van der Waals surface area contributed by atoms with Crippen LogP contribution in [0.25, 0.3) is 0 Å². The SMILES string of the molecule is Cn1nnc(CN2CCCN(CCO)CC2)n1. The minimum Gasteiger partial charge on any atom is -0.395 e. The summed E-state index contributed by atoms with van der Waals surface area (Å²) in [5, 5.41) is 21.0. The third-order valence-electron chi connectivity index (χ3n) is 3.01. The van der Waals surface area contributed by atoms with Gasteiger partial charge >= 0.3 is 0 Å². The van der Waals surface area contributed by atoms with Crippen molar-refractivity contribution in [1.29, 1.82) is 0 Å². The predicted octanol–water partition coefficient (Wildman–Crippen LogP) is -1.29. The molecule has 0 bridgehead atoms. The molecule has 1 fully saturated rings. The molecule has 1 aromatic rings. The summed E-state index contributed by atoms with van der Waals surface area (Å²) in [4.78, 5) is 6.13. The molecule has 96 valence electrons. The number of β-amino-alcohol motifs (C(OH)–C–C–N with tert-alkyl or cyclic N) is 1. The number of rotatable bonds is 4. The lowest BCUT2D eigenvalue weighted by atomic mass is 10.4. The van der Waals surface area contributed by atoms with E-state index in [2.05, 4.69) is 25.2 Å². The minimum absolute atomic E-state index is 0.242. The summed E-state index contributed by atoms with van der Waals surface area (Å²) in [5.41, 5.74) is 0. The van der Waals surface area contributed by atoms with Gasteiger partial charge in [-0.25, -0.2) is 0 Å². The number of hydrogen-bond donors (Lipinski definition) is 1. The largest absolute Gasteiger partial charge is 0.395 e. The van der Waals surface area contributed by atoms with Gasteiger partial charge in [0.1, 0.15) is 0 Å². The molecule has 1 aromatic heterocycles. The maximum absolute atomic E-state index is 8.93. The highest BCUT2D eigenvalue weighted by Crippen LogP contribution is 2.05. The van der Waals surface area contributed by atoms with E-state index in [-0.39, 0.29) is 6.61 Å². The van der Waals surface area contributed by atoms with Crippen molar-refractivity contribution in [3.05, 3.63) is 5.82 Å². The molecular formula is C10H20N6O. The van der Waals surface area contributed by atoms with E-state index in [1.807, 2.05) is 0 Å². The Morgan fingerprint density at radius 1 is 1.18 bits per heavy atom. The normalized spacial score (nSPS) is 19.4. The lowest BCUT2D eigenvalue weighted by Crippen LogP contribution is -2.32. The molecule has 0 aliphatic carbocycles. The fourth-order valence-corrected chi connectivity index (χ4v) is 2.13. The Morgan fingerprint density at radius 2 is 1.94 bits per heavy atom. The number of aliphatic hydroxyl groups is 1. The number of nitrogens with zero attached hydrogens (tertiary/aromatic N) is 6. The van der Waals surface area contributed by atoms with Crippen LogP contribution in [0, 0.1) is 0 Å². The molecule has 2 rings (SSSR count). The van der Waals surface area contributed by atoms with Crippen LogP contribution < -0.4 is 0 Å². The Balaban J connectivity index is 1.82. The van der Waals surface area contributed by atoms with Gasteiger partial charge in [-0.2, -0.15) is 4.80 Å². The average Bonchev–Trinajstić information content (AvgIpc) is 2.58. The molecule has 0 spiro atoms. The van der Waals surface area contributed by atoms with Gasteiger partial charge in [0.05, 0.1) is 20.2 Å². The smallest absolute Gasteiger partial charge is 0.188 e. The number of aliphatic hydroxyl groups excluding tert-OH is 1. The predicted molar refractivity (Wildman–Crippen MR) is 62.2 cm³/mol. The van der Waals surface area contributed by atoms with Gasteiger partial charge in [-0.05, 0) is 24.7 Å². The third kappa shape index (κ3) is 3.72. The number of aryl methyl sites for hydroxylation is 1. The molecule has 0 radical (unpaired) electrons. The Kier molecular flexibility index (Phi) is 4.41. The van der Waals surface area contributed by atoms with Gasteiger partial charge in [0.15, 0.2) is 5.82 Å². The molecule has 0 amide bonds. The maximum Gasteiger partial charge on any atom is 0.188 e. The first-order valence-corrected chi connectivity index (χ1v) is 6.06. The highest BCUT2D eigenvalue weighted by atomic mass is 16.3. The van der Waals surface area contributed by atoms with Crippen molar-refractivity contribution in [3.8, 4) is 0 Å². The molecule has 0 atom stereocenters. The lowest BCUT2D eigenvalue weighted by Gasteiger charge is -2.19. The second-order valence-electron chi connectivity index (χ2n) is 4.39. The summed E-state index contributed by atoms with van der Waals surface area (Å²) < 4.78 is 0. The van der Waals surface area contributed by atoms with Crippen molar-refractivity contribution in [1.82, 2.24) is 30.0 Å². The summed E-state index contributed by atoms with van der Waals surface area (Å²) >= 11 is 0. The van der Waals surface area contributed by atoms with Gasteiger partial charge in [0.2, 0.25) is 0 Å². The van der Waals surface area contributed by atoms with Crippen LogP contribution in [0.15, 0.2) is 0 Å². The van der Waals surface area contributed by atoms with Crippen LogP contribution in [0.4, 0.5) is 0 Å².